The minimum Gasteiger partial charge on any atom is -0.465 e. The number of esters is 2. The summed E-state index contributed by atoms with van der Waals surface area (Å²) in [5.41, 5.74) is -0.0498. The van der Waals surface area contributed by atoms with Gasteiger partial charge in [0.25, 0.3) is 0 Å². The predicted octanol–water partition coefficient (Wildman–Crippen LogP) is 6.56. The van der Waals surface area contributed by atoms with E-state index in [1.165, 1.54) is 38.5 Å². The number of carbonyl (C=O) groups is 2. The third-order valence-corrected chi connectivity index (χ3v) is 11.2. The third-order valence-electron chi connectivity index (χ3n) is 11.2. The molecule has 4 nitrogen and oxygen atoms in total. The van der Waals surface area contributed by atoms with Crippen LogP contribution < -0.4 is 0 Å². The SMILES string of the molecule is CC(C)COC(=O)C12CC3CC(C1)CC(C14CC5CC(CC(C(=O)OCC(C)C)(C5)C1)C4)(C3)C2. The molecule has 8 saturated carbocycles. The van der Waals surface area contributed by atoms with Crippen LogP contribution in [-0.4, -0.2) is 25.2 Å². The van der Waals surface area contributed by atoms with Gasteiger partial charge in [0.15, 0.2) is 0 Å². The predicted molar refractivity (Wildman–Crippen MR) is 131 cm³/mol. The zero-order valence-electron chi connectivity index (χ0n) is 22.0. The summed E-state index contributed by atoms with van der Waals surface area (Å²) in [4.78, 5) is 27.2. The van der Waals surface area contributed by atoms with Gasteiger partial charge in [-0.2, -0.15) is 0 Å². The quantitative estimate of drug-likeness (QED) is 0.396. The van der Waals surface area contributed by atoms with Crippen LogP contribution in [0.5, 0.6) is 0 Å². The first-order valence-corrected chi connectivity index (χ1v) is 14.4. The van der Waals surface area contributed by atoms with Crippen molar-refractivity contribution in [3.8, 4) is 0 Å². The van der Waals surface area contributed by atoms with E-state index in [1.54, 1.807) is 0 Å². The van der Waals surface area contributed by atoms with Crippen LogP contribution >= 0.6 is 0 Å². The Morgan fingerprint density at radius 3 is 1.24 bits per heavy atom. The molecule has 0 heterocycles. The average Bonchev–Trinajstić information content (AvgIpc) is 2.73. The number of ether oxygens (including phenoxy) is 2. The number of rotatable bonds is 7. The first kappa shape index (κ1) is 23.3. The van der Waals surface area contributed by atoms with Crippen molar-refractivity contribution in [2.75, 3.05) is 13.2 Å². The molecule has 0 N–H and O–H groups in total. The Labute approximate surface area is 206 Å². The van der Waals surface area contributed by atoms with E-state index in [0.29, 0.717) is 48.7 Å². The molecule has 8 bridgehead atoms. The smallest absolute Gasteiger partial charge is 0.312 e. The van der Waals surface area contributed by atoms with Crippen LogP contribution in [0, 0.1) is 57.2 Å². The van der Waals surface area contributed by atoms with Crippen molar-refractivity contribution >= 4 is 11.9 Å². The lowest BCUT2D eigenvalue weighted by Gasteiger charge is -2.73. The molecule has 190 valence electrons. The topological polar surface area (TPSA) is 52.6 Å². The van der Waals surface area contributed by atoms with Crippen molar-refractivity contribution in [2.45, 2.75) is 105 Å². The summed E-state index contributed by atoms with van der Waals surface area (Å²) in [5.74, 6) is 3.66. The van der Waals surface area contributed by atoms with E-state index in [-0.39, 0.29) is 33.6 Å². The molecule has 4 unspecified atom stereocenters. The van der Waals surface area contributed by atoms with Gasteiger partial charge in [-0.1, -0.05) is 27.7 Å². The van der Waals surface area contributed by atoms with Gasteiger partial charge in [-0.15, -0.1) is 0 Å². The Morgan fingerprint density at radius 2 is 0.941 bits per heavy atom. The second-order valence-corrected chi connectivity index (χ2v) is 15.0. The molecule has 0 aliphatic heterocycles. The lowest BCUT2D eigenvalue weighted by atomic mass is 9.31. The molecule has 34 heavy (non-hydrogen) atoms. The van der Waals surface area contributed by atoms with Crippen molar-refractivity contribution in [1.29, 1.82) is 0 Å². The van der Waals surface area contributed by atoms with Crippen LogP contribution in [0.1, 0.15) is 105 Å². The Bertz CT molecular complexity index is 758. The van der Waals surface area contributed by atoms with Crippen molar-refractivity contribution in [1.82, 2.24) is 0 Å². The maximum absolute atomic E-state index is 13.6. The van der Waals surface area contributed by atoms with Gasteiger partial charge < -0.3 is 9.47 Å². The van der Waals surface area contributed by atoms with Gasteiger partial charge in [0.1, 0.15) is 0 Å². The van der Waals surface area contributed by atoms with Crippen LogP contribution in [-0.2, 0) is 19.1 Å². The Kier molecular flexibility index (Phi) is 5.30. The fraction of sp³-hybridized carbons (Fsp3) is 0.933. The number of hydrogen-bond donors (Lipinski definition) is 0. The van der Waals surface area contributed by atoms with E-state index < -0.39 is 0 Å². The van der Waals surface area contributed by atoms with Crippen molar-refractivity contribution in [2.24, 2.45) is 57.2 Å². The van der Waals surface area contributed by atoms with Gasteiger partial charge in [-0.25, -0.2) is 0 Å². The van der Waals surface area contributed by atoms with Gasteiger partial charge in [0, 0.05) is 0 Å². The highest BCUT2D eigenvalue weighted by molar-refractivity contribution is 5.79. The normalized spacial score (nSPS) is 48.1. The average molecular weight is 471 g/mol. The van der Waals surface area contributed by atoms with E-state index in [4.69, 9.17) is 9.47 Å². The zero-order chi connectivity index (χ0) is 23.9. The van der Waals surface area contributed by atoms with Gasteiger partial charge in [-0.3, -0.25) is 9.59 Å². The number of hydrogen-bond acceptors (Lipinski definition) is 4. The first-order valence-electron chi connectivity index (χ1n) is 14.4. The summed E-state index contributed by atoms with van der Waals surface area (Å²) in [6.07, 6.45) is 14.0. The highest BCUT2D eigenvalue weighted by atomic mass is 16.5. The Morgan fingerprint density at radius 1 is 0.618 bits per heavy atom. The molecule has 0 aromatic heterocycles. The fourth-order valence-corrected chi connectivity index (χ4v) is 11.0. The lowest BCUT2D eigenvalue weighted by Crippen LogP contribution is -2.66. The molecule has 8 rings (SSSR count). The molecule has 0 radical (unpaired) electrons. The fourth-order valence-electron chi connectivity index (χ4n) is 11.0. The van der Waals surface area contributed by atoms with Crippen LogP contribution in [0.4, 0.5) is 0 Å². The minimum absolute atomic E-state index is 0.107. The van der Waals surface area contributed by atoms with Crippen LogP contribution in [0.25, 0.3) is 0 Å². The summed E-state index contributed by atoms with van der Waals surface area (Å²) >= 11 is 0. The molecule has 0 spiro atoms. The molecule has 8 fully saturated rings. The minimum atomic E-state index is -0.256. The maximum Gasteiger partial charge on any atom is 0.312 e. The van der Waals surface area contributed by atoms with Gasteiger partial charge in [-0.05, 0) is 123 Å². The van der Waals surface area contributed by atoms with Crippen LogP contribution in [0.2, 0.25) is 0 Å². The molecule has 0 aromatic rings. The van der Waals surface area contributed by atoms with E-state index in [9.17, 15) is 9.59 Å². The second kappa shape index (κ2) is 7.72. The first-order chi connectivity index (χ1) is 16.1. The maximum atomic E-state index is 13.6. The van der Waals surface area contributed by atoms with Crippen molar-refractivity contribution in [3.05, 3.63) is 0 Å². The van der Waals surface area contributed by atoms with E-state index in [0.717, 1.165) is 38.5 Å². The molecule has 0 saturated heterocycles. The summed E-state index contributed by atoms with van der Waals surface area (Å²) < 4.78 is 11.9. The van der Waals surface area contributed by atoms with Crippen LogP contribution in [0.15, 0.2) is 0 Å². The molecule has 8 aliphatic rings. The summed E-state index contributed by atoms with van der Waals surface area (Å²) in [7, 11) is 0. The second-order valence-electron chi connectivity index (χ2n) is 15.0. The molecule has 4 heteroatoms. The lowest BCUT2D eigenvalue weighted by molar-refractivity contribution is -0.245. The van der Waals surface area contributed by atoms with Gasteiger partial charge in [0.2, 0.25) is 0 Å². The summed E-state index contributed by atoms with van der Waals surface area (Å²) in [6.45, 7) is 9.60. The Hall–Kier alpha value is -1.06. The largest absolute Gasteiger partial charge is 0.465 e. The van der Waals surface area contributed by atoms with Crippen molar-refractivity contribution in [3.63, 3.8) is 0 Å². The van der Waals surface area contributed by atoms with Gasteiger partial charge in [0.05, 0.1) is 24.0 Å². The molecule has 8 aliphatic carbocycles. The van der Waals surface area contributed by atoms with E-state index in [2.05, 4.69) is 27.7 Å². The highest BCUT2D eigenvalue weighted by Crippen LogP contribution is 2.78. The molecule has 0 amide bonds. The molecular weight excluding hydrogens is 424 g/mol. The molecular formula is C30H46O4. The summed E-state index contributed by atoms with van der Waals surface area (Å²) in [6, 6.07) is 0. The molecule has 0 aromatic carbocycles. The zero-order valence-corrected chi connectivity index (χ0v) is 22.0. The van der Waals surface area contributed by atoms with Crippen molar-refractivity contribution < 1.29 is 19.1 Å². The van der Waals surface area contributed by atoms with Crippen LogP contribution in [0.3, 0.4) is 0 Å². The monoisotopic (exact) mass is 470 g/mol. The van der Waals surface area contributed by atoms with E-state index >= 15 is 0 Å². The standard InChI is InChI=1S/C30H46O4/c1-19(2)15-33-25(31)27-7-21-5-22(8-27)12-29(11-21,17-27)30-13-23-6-24(14-30)10-28(9-23,18-30)26(32)34-16-20(3)4/h19-24H,5-18H2,1-4H3. The Balaban J connectivity index is 1.32. The third kappa shape index (κ3) is 3.43. The number of carbonyl (C=O) groups excluding carboxylic acids is 2. The van der Waals surface area contributed by atoms with Gasteiger partial charge >= 0.3 is 11.9 Å². The molecule has 4 atom stereocenters. The van der Waals surface area contributed by atoms with E-state index in [1.807, 2.05) is 0 Å². The highest BCUT2D eigenvalue weighted by Gasteiger charge is 2.72. The summed E-state index contributed by atoms with van der Waals surface area (Å²) in [5, 5.41) is 0.